The van der Waals surface area contributed by atoms with Gasteiger partial charge in [-0.3, -0.25) is 4.79 Å². The Morgan fingerprint density at radius 2 is 2.09 bits per heavy atom. The Balaban J connectivity index is 0.00000242. The summed E-state index contributed by atoms with van der Waals surface area (Å²) in [7, 11) is 2.07. The predicted octanol–water partition coefficient (Wildman–Crippen LogP) is 1.46. The van der Waals surface area contributed by atoms with Gasteiger partial charge in [0, 0.05) is 38.6 Å². The van der Waals surface area contributed by atoms with Crippen LogP contribution in [0.4, 0.5) is 0 Å². The number of halogens is 2. The van der Waals surface area contributed by atoms with Crippen molar-refractivity contribution >= 4 is 30.7 Å². The lowest BCUT2D eigenvalue weighted by molar-refractivity contribution is -0.122. The average Bonchev–Trinajstić information content (AvgIpc) is 2.49. The smallest absolute Gasteiger partial charge is 0.221 e. The second kappa shape index (κ2) is 12.6. The van der Waals surface area contributed by atoms with Gasteiger partial charge in [0.1, 0.15) is 0 Å². The lowest BCUT2D eigenvalue weighted by Crippen LogP contribution is -2.44. The number of morpholine rings is 1. The number of nitrogens with zero attached hydrogens (tertiary/aromatic N) is 1. The standard InChI is InChI=1S/C16H25N3O2.2ClH/c1-19(12-14-5-3-2-4-6-14)9-7-18-16(20)11-15-13-21-10-8-17-15;;/h2-6,15,17H,7-13H2,1H3,(H,18,20);2*1H. The zero-order chi connectivity index (χ0) is 14.9. The number of carbonyl (C=O) groups is 1. The summed E-state index contributed by atoms with van der Waals surface area (Å²) in [5, 5.41) is 6.26. The predicted molar refractivity (Wildman–Crippen MR) is 97.5 cm³/mol. The molecule has 1 aromatic carbocycles. The molecule has 2 N–H and O–H groups in total. The zero-order valence-electron chi connectivity index (χ0n) is 13.5. The number of hydrogen-bond donors (Lipinski definition) is 2. The summed E-state index contributed by atoms with van der Waals surface area (Å²) in [6, 6.07) is 10.5. The molecule has 23 heavy (non-hydrogen) atoms. The van der Waals surface area contributed by atoms with E-state index in [1.165, 1.54) is 5.56 Å². The van der Waals surface area contributed by atoms with Gasteiger partial charge in [0.15, 0.2) is 0 Å². The van der Waals surface area contributed by atoms with Crippen molar-refractivity contribution in [1.82, 2.24) is 15.5 Å². The largest absolute Gasteiger partial charge is 0.378 e. The van der Waals surface area contributed by atoms with Crippen LogP contribution in [-0.4, -0.2) is 56.7 Å². The van der Waals surface area contributed by atoms with Crippen molar-refractivity contribution in [3.05, 3.63) is 35.9 Å². The molecule has 5 nitrogen and oxygen atoms in total. The lowest BCUT2D eigenvalue weighted by atomic mass is 10.2. The van der Waals surface area contributed by atoms with Crippen LogP contribution >= 0.6 is 24.8 Å². The molecule has 0 bridgehead atoms. The topological polar surface area (TPSA) is 53.6 Å². The highest BCUT2D eigenvalue weighted by molar-refractivity contribution is 5.85. The zero-order valence-corrected chi connectivity index (χ0v) is 15.1. The third-order valence-electron chi connectivity index (χ3n) is 3.54. The molecule has 0 aromatic heterocycles. The molecule has 1 aromatic rings. The number of amides is 1. The monoisotopic (exact) mass is 363 g/mol. The Kier molecular flexibility index (Phi) is 12.1. The van der Waals surface area contributed by atoms with E-state index < -0.39 is 0 Å². The van der Waals surface area contributed by atoms with E-state index in [0.29, 0.717) is 19.6 Å². The van der Waals surface area contributed by atoms with Crippen molar-refractivity contribution in [1.29, 1.82) is 0 Å². The molecule has 1 aliphatic heterocycles. The maximum absolute atomic E-state index is 11.8. The Morgan fingerprint density at radius 3 is 2.74 bits per heavy atom. The highest BCUT2D eigenvalue weighted by atomic mass is 35.5. The first kappa shape index (κ1) is 22.1. The second-order valence-corrected chi connectivity index (χ2v) is 5.50. The number of benzene rings is 1. The van der Waals surface area contributed by atoms with Gasteiger partial charge < -0.3 is 20.3 Å². The van der Waals surface area contributed by atoms with Crippen molar-refractivity contribution in [3.63, 3.8) is 0 Å². The molecular formula is C16H27Cl2N3O2. The molecular weight excluding hydrogens is 337 g/mol. The van der Waals surface area contributed by atoms with Gasteiger partial charge in [0.25, 0.3) is 0 Å². The van der Waals surface area contributed by atoms with Crippen LogP contribution in [0.1, 0.15) is 12.0 Å². The van der Waals surface area contributed by atoms with Crippen molar-refractivity contribution < 1.29 is 9.53 Å². The summed E-state index contributed by atoms with van der Waals surface area (Å²) in [6.45, 7) is 4.61. The van der Waals surface area contributed by atoms with Crippen molar-refractivity contribution in [2.24, 2.45) is 0 Å². The fourth-order valence-electron chi connectivity index (χ4n) is 2.41. The van der Waals surface area contributed by atoms with E-state index in [-0.39, 0.29) is 36.8 Å². The van der Waals surface area contributed by atoms with E-state index in [0.717, 1.165) is 26.2 Å². The highest BCUT2D eigenvalue weighted by Crippen LogP contribution is 2.02. The van der Waals surface area contributed by atoms with Gasteiger partial charge in [-0.1, -0.05) is 30.3 Å². The Hall–Kier alpha value is -0.850. The fraction of sp³-hybridized carbons (Fsp3) is 0.562. The number of ether oxygens (including phenoxy) is 1. The molecule has 1 unspecified atom stereocenters. The molecule has 0 radical (unpaired) electrons. The first-order valence-electron chi connectivity index (χ1n) is 7.54. The van der Waals surface area contributed by atoms with E-state index in [1.807, 2.05) is 18.2 Å². The van der Waals surface area contributed by atoms with Gasteiger partial charge in [-0.2, -0.15) is 0 Å². The van der Waals surface area contributed by atoms with Crippen LogP contribution in [0.25, 0.3) is 0 Å². The third kappa shape index (κ3) is 9.13. The molecule has 1 fully saturated rings. The van der Waals surface area contributed by atoms with Crippen LogP contribution in [0.5, 0.6) is 0 Å². The molecule has 2 rings (SSSR count). The SMILES string of the molecule is CN(CCNC(=O)CC1COCCN1)Cc1ccccc1.Cl.Cl. The molecule has 1 atom stereocenters. The molecule has 7 heteroatoms. The van der Waals surface area contributed by atoms with Crippen molar-refractivity contribution in [2.45, 2.75) is 19.0 Å². The molecule has 1 heterocycles. The van der Waals surface area contributed by atoms with Crippen LogP contribution in [0, 0.1) is 0 Å². The van der Waals surface area contributed by atoms with Gasteiger partial charge in [0.2, 0.25) is 5.91 Å². The molecule has 1 saturated heterocycles. The quantitative estimate of drug-likeness (QED) is 0.769. The maximum Gasteiger partial charge on any atom is 0.221 e. The number of hydrogen-bond acceptors (Lipinski definition) is 4. The number of carbonyl (C=O) groups excluding carboxylic acids is 1. The Bertz CT molecular complexity index is 429. The first-order valence-corrected chi connectivity index (χ1v) is 7.54. The van der Waals surface area contributed by atoms with Gasteiger partial charge in [0.05, 0.1) is 13.2 Å². The second-order valence-electron chi connectivity index (χ2n) is 5.50. The third-order valence-corrected chi connectivity index (χ3v) is 3.54. The summed E-state index contributed by atoms with van der Waals surface area (Å²) in [4.78, 5) is 14.0. The lowest BCUT2D eigenvalue weighted by Gasteiger charge is -2.23. The molecule has 1 amide bonds. The van der Waals surface area contributed by atoms with Crippen LogP contribution in [-0.2, 0) is 16.1 Å². The van der Waals surface area contributed by atoms with E-state index >= 15 is 0 Å². The number of rotatable bonds is 7. The summed E-state index contributed by atoms with van der Waals surface area (Å²) >= 11 is 0. The van der Waals surface area contributed by atoms with Crippen LogP contribution < -0.4 is 10.6 Å². The summed E-state index contributed by atoms with van der Waals surface area (Å²) in [5.74, 6) is 0.0890. The highest BCUT2D eigenvalue weighted by Gasteiger charge is 2.16. The number of likely N-dealkylation sites (N-methyl/N-ethyl adjacent to an activating group) is 1. The van der Waals surface area contributed by atoms with E-state index in [9.17, 15) is 4.79 Å². The average molecular weight is 364 g/mol. The maximum atomic E-state index is 11.8. The minimum absolute atomic E-state index is 0. The van der Waals surface area contributed by atoms with Gasteiger partial charge in [-0.25, -0.2) is 0 Å². The summed E-state index contributed by atoms with van der Waals surface area (Å²) in [5.41, 5.74) is 1.29. The van der Waals surface area contributed by atoms with Gasteiger partial charge in [-0.15, -0.1) is 24.8 Å². The molecule has 0 saturated carbocycles. The van der Waals surface area contributed by atoms with Crippen molar-refractivity contribution in [2.75, 3.05) is 39.9 Å². The number of nitrogens with one attached hydrogen (secondary N) is 2. The van der Waals surface area contributed by atoms with Crippen molar-refractivity contribution in [3.8, 4) is 0 Å². The van der Waals surface area contributed by atoms with Crippen LogP contribution in [0.2, 0.25) is 0 Å². The van der Waals surface area contributed by atoms with E-state index in [1.54, 1.807) is 0 Å². The Labute approximate surface area is 151 Å². The molecule has 1 aliphatic rings. The fourth-order valence-corrected chi connectivity index (χ4v) is 2.41. The minimum Gasteiger partial charge on any atom is -0.378 e. The molecule has 132 valence electrons. The summed E-state index contributed by atoms with van der Waals surface area (Å²) in [6.07, 6.45) is 0.488. The normalized spacial score (nSPS) is 17.0. The molecule has 0 aliphatic carbocycles. The van der Waals surface area contributed by atoms with Crippen LogP contribution in [0.3, 0.4) is 0 Å². The van der Waals surface area contributed by atoms with Gasteiger partial charge in [-0.05, 0) is 12.6 Å². The molecule has 0 spiro atoms. The first-order chi connectivity index (χ1) is 10.2. The Morgan fingerprint density at radius 1 is 1.35 bits per heavy atom. The van der Waals surface area contributed by atoms with E-state index in [4.69, 9.17) is 4.74 Å². The minimum atomic E-state index is 0. The van der Waals surface area contributed by atoms with E-state index in [2.05, 4.69) is 34.7 Å². The van der Waals surface area contributed by atoms with Gasteiger partial charge >= 0.3 is 0 Å². The van der Waals surface area contributed by atoms with Crippen LogP contribution in [0.15, 0.2) is 30.3 Å². The summed E-state index contributed by atoms with van der Waals surface area (Å²) < 4.78 is 5.34.